The van der Waals surface area contributed by atoms with Crippen molar-refractivity contribution < 1.29 is 17.2 Å². The fraction of sp³-hybridized carbons (Fsp3) is 0.174. The lowest BCUT2D eigenvalue weighted by atomic mass is 10.1. The number of hydrogen-bond acceptors (Lipinski definition) is 6. The van der Waals surface area contributed by atoms with Gasteiger partial charge >= 0.3 is 5.76 Å². The van der Waals surface area contributed by atoms with Gasteiger partial charge in [0.05, 0.1) is 10.6 Å². The molecule has 0 N–H and O–H groups in total. The fourth-order valence-corrected chi connectivity index (χ4v) is 4.80. The second-order valence-corrected chi connectivity index (χ2v) is 10.2. The van der Waals surface area contributed by atoms with Crippen molar-refractivity contribution in [2.75, 3.05) is 0 Å². The van der Waals surface area contributed by atoms with Crippen LogP contribution in [0, 0.1) is 13.8 Å². The number of pyridine rings is 1. The van der Waals surface area contributed by atoms with Gasteiger partial charge in [-0.15, -0.1) is 10.2 Å². The Balaban J connectivity index is 1.66. The largest absolute Gasteiger partial charge is 0.341 e. The molecule has 10 heteroatoms. The molecule has 0 radical (unpaired) electrons. The molecular weight excluding hydrogens is 466 g/mol. The van der Waals surface area contributed by atoms with E-state index in [1.54, 1.807) is 12.4 Å². The molecule has 2 heterocycles. The maximum absolute atomic E-state index is 12.8. The number of benzene rings is 2. The standard InChI is InChI=1S/C23H20F2N4O2S2/c1-15-3-6-19(13-16(15)2)29-21(18-9-11-26-12-10-18)27-28-23(29)32-14-17-4-7-20(8-5-17)33(30,31)22(24)25/h3-13,22H,14H2,1-2H3. The van der Waals surface area contributed by atoms with Gasteiger partial charge in [0.25, 0.3) is 0 Å². The second kappa shape index (κ2) is 9.40. The molecule has 0 spiro atoms. The zero-order valence-electron chi connectivity index (χ0n) is 17.8. The van der Waals surface area contributed by atoms with Gasteiger partial charge in [0.1, 0.15) is 0 Å². The first kappa shape index (κ1) is 23.1. The Morgan fingerprint density at radius 2 is 1.64 bits per heavy atom. The first-order valence-electron chi connectivity index (χ1n) is 9.94. The van der Waals surface area contributed by atoms with E-state index in [1.165, 1.54) is 41.6 Å². The van der Waals surface area contributed by atoms with Crippen LogP contribution in [0.3, 0.4) is 0 Å². The van der Waals surface area contributed by atoms with Gasteiger partial charge < -0.3 is 0 Å². The van der Waals surface area contributed by atoms with E-state index in [0.29, 0.717) is 16.7 Å². The highest BCUT2D eigenvalue weighted by Gasteiger charge is 2.26. The van der Waals surface area contributed by atoms with E-state index in [4.69, 9.17) is 0 Å². The minimum absolute atomic E-state index is 0.399. The quantitative estimate of drug-likeness (QED) is 0.333. The molecule has 6 nitrogen and oxygen atoms in total. The van der Waals surface area contributed by atoms with Gasteiger partial charge in [-0.05, 0) is 66.9 Å². The molecule has 0 saturated heterocycles. The highest BCUT2D eigenvalue weighted by atomic mass is 32.2. The normalized spacial score (nSPS) is 11.8. The highest BCUT2D eigenvalue weighted by molar-refractivity contribution is 7.98. The highest BCUT2D eigenvalue weighted by Crippen LogP contribution is 2.30. The number of thioether (sulfide) groups is 1. The van der Waals surface area contributed by atoms with Gasteiger partial charge in [-0.1, -0.05) is 30.0 Å². The van der Waals surface area contributed by atoms with Gasteiger partial charge in [-0.3, -0.25) is 9.55 Å². The summed E-state index contributed by atoms with van der Waals surface area (Å²) >= 11 is 1.42. The number of alkyl halides is 2. The van der Waals surface area contributed by atoms with Crippen molar-refractivity contribution >= 4 is 21.6 Å². The van der Waals surface area contributed by atoms with Gasteiger partial charge in [0.2, 0.25) is 9.84 Å². The van der Waals surface area contributed by atoms with E-state index >= 15 is 0 Å². The molecule has 0 atom stereocenters. The number of aryl methyl sites for hydroxylation is 2. The van der Waals surface area contributed by atoms with Crippen molar-refractivity contribution in [3.05, 3.63) is 83.7 Å². The minimum Gasteiger partial charge on any atom is -0.270 e. The van der Waals surface area contributed by atoms with Crippen LogP contribution in [0.4, 0.5) is 8.78 Å². The summed E-state index contributed by atoms with van der Waals surface area (Å²) in [5.74, 6) is -2.32. The van der Waals surface area contributed by atoms with E-state index in [-0.39, 0.29) is 0 Å². The third-order valence-electron chi connectivity index (χ3n) is 5.17. The van der Waals surface area contributed by atoms with E-state index in [0.717, 1.165) is 22.4 Å². The SMILES string of the molecule is Cc1ccc(-n2c(SCc3ccc(S(=O)(=O)C(F)F)cc3)nnc2-c2ccncc2)cc1C. The van der Waals surface area contributed by atoms with E-state index in [2.05, 4.69) is 21.2 Å². The summed E-state index contributed by atoms with van der Waals surface area (Å²) in [4.78, 5) is 3.67. The van der Waals surface area contributed by atoms with Crippen molar-refractivity contribution in [1.82, 2.24) is 19.7 Å². The molecule has 0 fully saturated rings. The fourth-order valence-electron chi connectivity index (χ4n) is 3.17. The summed E-state index contributed by atoms with van der Waals surface area (Å²) in [6.07, 6.45) is 3.38. The monoisotopic (exact) mass is 486 g/mol. The van der Waals surface area contributed by atoms with Crippen LogP contribution in [-0.4, -0.2) is 33.9 Å². The Morgan fingerprint density at radius 3 is 2.27 bits per heavy atom. The summed E-state index contributed by atoms with van der Waals surface area (Å²) in [7, 11) is -4.61. The maximum atomic E-state index is 12.8. The zero-order valence-corrected chi connectivity index (χ0v) is 19.4. The molecule has 0 saturated carbocycles. The molecule has 4 aromatic rings. The summed E-state index contributed by atoms with van der Waals surface area (Å²) < 4.78 is 50.7. The van der Waals surface area contributed by atoms with Crippen LogP contribution < -0.4 is 0 Å². The number of nitrogens with zero attached hydrogens (tertiary/aromatic N) is 4. The zero-order chi connectivity index (χ0) is 23.6. The first-order chi connectivity index (χ1) is 15.8. The van der Waals surface area contributed by atoms with E-state index in [1.807, 2.05) is 42.7 Å². The predicted octanol–water partition coefficient (Wildman–Crippen LogP) is 5.23. The molecule has 33 heavy (non-hydrogen) atoms. The predicted molar refractivity (Wildman–Crippen MR) is 123 cm³/mol. The molecule has 0 aliphatic rings. The van der Waals surface area contributed by atoms with Crippen molar-refractivity contribution in [1.29, 1.82) is 0 Å². The number of sulfone groups is 1. The Hall–Kier alpha value is -3.11. The second-order valence-electron chi connectivity index (χ2n) is 7.38. The molecule has 2 aromatic heterocycles. The van der Waals surface area contributed by atoms with E-state index in [9.17, 15) is 17.2 Å². The van der Waals surface area contributed by atoms with Crippen LogP contribution in [0.15, 0.2) is 77.0 Å². The Morgan fingerprint density at radius 1 is 0.939 bits per heavy atom. The third kappa shape index (κ3) is 4.81. The van der Waals surface area contributed by atoms with Gasteiger partial charge in [0, 0.05) is 23.7 Å². The minimum atomic E-state index is -4.61. The number of hydrogen-bond donors (Lipinski definition) is 0. The summed E-state index contributed by atoms with van der Waals surface area (Å²) in [6.45, 7) is 4.08. The smallest absolute Gasteiger partial charge is 0.270 e. The lowest BCUT2D eigenvalue weighted by Gasteiger charge is -2.12. The van der Waals surface area contributed by atoms with Crippen LogP contribution >= 0.6 is 11.8 Å². The van der Waals surface area contributed by atoms with Crippen molar-refractivity contribution in [3.63, 3.8) is 0 Å². The molecule has 0 aliphatic heterocycles. The van der Waals surface area contributed by atoms with E-state index < -0.39 is 20.5 Å². The van der Waals surface area contributed by atoms with Crippen molar-refractivity contribution in [2.24, 2.45) is 0 Å². The lowest BCUT2D eigenvalue weighted by molar-refractivity contribution is 0.234. The average Bonchev–Trinajstić information content (AvgIpc) is 3.24. The Labute approximate surface area is 194 Å². The maximum Gasteiger partial charge on any atom is 0.341 e. The third-order valence-corrected chi connectivity index (χ3v) is 7.57. The summed E-state index contributed by atoms with van der Waals surface area (Å²) in [5, 5.41) is 9.42. The van der Waals surface area contributed by atoms with Crippen LogP contribution in [-0.2, 0) is 15.6 Å². The molecule has 2 aromatic carbocycles. The van der Waals surface area contributed by atoms with Crippen LogP contribution in [0.2, 0.25) is 0 Å². The van der Waals surface area contributed by atoms with Crippen LogP contribution in [0.5, 0.6) is 0 Å². The topological polar surface area (TPSA) is 77.7 Å². The van der Waals surface area contributed by atoms with Gasteiger partial charge in [-0.25, -0.2) is 8.42 Å². The average molecular weight is 487 g/mol. The Bertz CT molecular complexity index is 1370. The Kier molecular flexibility index (Phi) is 6.57. The van der Waals surface area contributed by atoms with Gasteiger partial charge in [-0.2, -0.15) is 8.78 Å². The number of rotatable bonds is 7. The van der Waals surface area contributed by atoms with Crippen molar-refractivity contribution in [3.8, 4) is 17.1 Å². The summed E-state index contributed by atoms with van der Waals surface area (Å²) in [6, 6.07) is 15.3. The lowest BCUT2D eigenvalue weighted by Crippen LogP contribution is -2.11. The first-order valence-corrected chi connectivity index (χ1v) is 12.5. The number of halogens is 2. The molecule has 0 unspecified atom stereocenters. The molecule has 0 bridgehead atoms. The number of aromatic nitrogens is 4. The van der Waals surface area contributed by atoms with Gasteiger partial charge in [0.15, 0.2) is 11.0 Å². The molecule has 0 aliphatic carbocycles. The summed E-state index contributed by atoms with van der Waals surface area (Å²) in [5.41, 5.74) is 4.85. The molecule has 170 valence electrons. The van der Waals surface area contributed by atoms with Crippen molar-refractivity contribution in [2.45, 2.75) is 35.4 Å². The molecular formula is C23H20F2N4O2S2. The van der Waals surface area contributed by atoms with Crippen LogP contribution in [0.25, 0.3) is 17.1 Å². The molecule has 0 amide bonds. The molecule has 4 rings (SSSR count). The van der Waals surface area contributed by atoms with Crippen LogP contribution in [0.1, 0.15) is 16.7 Å².